The lowest BCUT2D eigenvalue weighted by Crippen LogP contribution is -2.12. The topological polar surface area (TPSA) is 89.5 Å². The fourth-order valence-corrected chi connectivity index (χ4v) is 7.99. The Bertz CT molecular complexity index is 2240. The number of hydrogen-bond acceptors (Lipinski definition) is 8. The van der Waals surface area contributed by atoms with Crippen molar-refractivity contribution < 1.29 is 38.0 Å². The highest BCUT2D eigenvalue weighted by Crippen LogP contribution is 2.29. The van der Waals surface area contributed by atoms with Crippen LogP contribution in [0.3, 0.4) is 0 Å². The van der Waals surface area contributed by atoms with E-state index in [9.17, 15) is 9.59 Å². The Kier molecular flexibility index (Phi) is 17.4. The van der Waals surface area contributed by atoms with E-state index >= 15 is 0 Å². The summed E-state index contributed by atoms with van der Waals surface area (Å²) in [4.78, 5) is 25.9. The molecule has 0 fully saturated rings. The van der Waals surface area contributed by atoms with Crippen LogP contribution >= 0.6 is 0 Å². The summed E-state index contributed by atoms with van der Waals surface area (Å²) in [5, 5.41) is 2.06. The monoisotopic (exact) mass is 850 g/mol. The van der Waals surface area contributed by atoms with Gasteiger partial charge < -0.3 is 28.4 Å². The molecule has 8 heteroatoms. The van der Waals surface area contributed by atoms with Crippen LogP contribution in [-0.4, -0.2) is 51.6 Å². The summed E-state index contributed by atoms with van der Waals surface area (Å²) in [5.74, 6) is 3.18. The first-order valence-corrected chi connectivity index (χ1v) is 22.9. The molecule has 0 aromatic heterocycles. The predicted molar refractivity (Wildman–Crippen MR) is 249 cm³/mol. The molecule has 3 unspecified atom stereocenters. The minimum absolute atomic E-state index is 0.244. The number of ether oxygens (including phenoxy) is 6. The Morgan fingerprint density at radius 1 is 0.524 bits per heavy atom. The molecule has 0 bridgehead atoms. The Labute approximate surface area is 373 Å². The van der Waals surface area contributed by atoms with Crippen molar-refractivity contribution in [1.29, 1.82) is 0 Å². The van der Waals surface area contributed by atoms with Crippen molar-refractivity contribution in [1.82, 2.24) is 0 Å². The molecule has 7 rings (SSSR count). The molecule has 5 aromatic carbocycles. The van der Waals surface area contributed by atoms with Gasteiger partial charge in [-0.05, 0) is 183 Å². The second-order valence-electron chi connectivity index (χ2n) is 16.9. The lowest BCUT2D eigenvalue weighted by Gasteiger charge is -2.17. The van der Waals surface area contributed by atoms with E-state index in [1.54, 1.807) is 24.3 Å². The third-order valence-electron chi connectivity index (χ3n) is 11.8. The van der Waals surface area contributed by atoms with Crippen LogP contribution in [0.4, 0.5) is 0 Å². The number of carbonyl (C=O) groups excluding carboxylic acids is 2. The standard InChI is InChI=1S/C55H62O8/c1-41(36-42-16-25-52(26-17-42)62-54(56)45-20-27-50(28-21-45)60-34-10-8-32-58-39-43-12-4-2-5-13-43)47-18-19-49-38-53(31-24-48(49)37-47)63-55(57)46-22-29-51(30-23-46)61-35-11-9-33-59-40-44-14-6-3-7-15-44/h2-4,6,16-31,37-38,41,43-44H,5,7-15,32-36,39-40H2,1H3. The Morgan fingerprint density at radius 2 is 1.00 bits per heavy atom. The fraction of sp³-hybridized carbons (Fsp3) is 0.382. The summed E-state index contributed by atoms with van der Waals surface area (Å²) in [6, 6.07) is 34.0. The average molecular weight is 851 g/mol. The molecular weight excluding hydrogens is 789 g/mol. The normalized spacial score (nSPS) is 16.4. The van der Waals surface area contributed by atoms with Gasteiger partial charge in [-0.1, -0.05) is 67.6 Å². The third-order valence-corrected chi connectivity index (χ3v) is 11.8. The van der Waals surface area contributed by atoms with Crippen LogP contribution in [0.15, 0.2) is 133 Å². The first kappa shape index (κ1) is 45.3. The van der Waals surface area contributed by atoms with E-state index in [0.29, 0.717) is 47.7 Å². The van der Waals surface area contributed by atoms with Gasteiger partial charge in [-0.3, -0.25) is 0 Å². The average Bonchev–Trinajstić information content (AvgIpc) is 3.32. The zero-order chi connectivity index (χ0) is 43.5. The zero-order valence-electron chi connectivity index (χ0n) is 36.7. The maximum absolute atomic E-state index is 13.0. The van der Waals surface area contributed by atoms with Crippen LogP contribution in [0, 0.1) is 11.8 Å². The second-order valence-corrected chi connectivity index (χ2v) is 16.9. The smallest absolute Gasteiger partial charge is 0.343 e. The maximum Gasteiger partial charge on any atom is 0.343 e. The summed E-state index contributed by atoms with van der Waals surface area (Å²) in [7, 11) is 0. The minimum Gasteiger partial charge on any atom is -0.494 e. The molecule has 2 aliphatic carbocycles. The molecule has 0 spiro atoms. The van der Waals surface area contributed by atoms with Gasteiger partial charge in [0.05, 0.1) is 24.3 Å². The zero-order valence-corrected chi connectivity index (χ0v) is 36.7. The molecule has 0 aliphatic heterocycles. The van der Waals surface area contributed by atoms with E-state index in [1.807, 2.05) is 66.7 Å². The van der Waals surface area contributed by atoms with E-state index in [0.717, 1.165) is 99.2 Å². The molecule has 0 saturated carbocycles. The van der Waals surface area contributed by atoms with Crippen molar-refractivity contribution in [2.45, 2.75) is 83.5 Å². The summed E-state index contributed by atoms with van der Waals surface area (Å²) in [6.45, 7) is 6.61. The van der Waals surface area contributed by atoms with Gasteiger partial charge in [0.1, 0.15) is 23.0 Å². The van der Waals surface area contributed by atoms with Gasteiger partial charge in [-0.2, -0.15) is 0 Å². The van der Waals surface area contributed by atoms with Crippen molar-refractivity contribution in [3.05, 3.63) is 156 Å². The lowest BCUT2D eigenvalue weighted by molar-refractivity contribution is 0.0725. The van der Waals surface area contributed by atoms with Crippen LogP contribution in [0.1, 0.15) is 109 Å². The number of benzene rings is 5. The molecule has 0 amide bonds. The van der Waals surface area contributed by atoms with Crippen LogP contribution in [0.25, 0.3) is 10.8 Å². The molecule has 330 valence electrons. The van der Waals surface area contributed by atoms with Gasteiger partial charge in [-0.25, -0.2) is 9.59 Å². The summed E-state index contributed by atoms with van der Waals surface area (Å²) < 4.78 is 34.9. The van der Waals surface area contributed by atoms with Crippen LogP contribution in [-0.2, 0) is 15.9 Å². The van der Waals surface area contributed by atoms with E-state index in [4.69, 9.17) is 28.4 Å². The van der Waals surface area contributed by atoms with E-state index in [1.165, 1.54) is 31.2 Å². The molecule has 5 aromatic rings. The maximum atomic E-state index is 13.0. The molecule has 0 radical (unpaired) electrons. The van der Waals surface area contributed by atoms with Crippen molar-refractivity contribution in [3.8, 4) is 23.0 Å². The SMILES string of the molecule is CC(Cc1ccc(OC(=O)c2ccc(OCCCCOCC3CC=CCC3)cc2)cc1)c1ccc2cc(OC(=O)c3ccc(OCCCCOCC4CC=CCC4)cc3)ccc2c1. The van der Waals surface area contributed by atoms with E-state index < -0.39 is 11.9 Å². The fourth-order valence-electron chi connectivity index (χ4n) is 7.99. The molecule has 8 nitrogen and oxygen atoms in total. The van der Waals surface area contributed by atoms with Crippen LogP contribution in [0.2, 0.25) is 0 Å². The molecule has 3 atom stereocenters. The van der Waals surface area contributed by atoms with E-state index in [2.05, 4.69) is 49.4 Å². The second kappa shape index (κ2) is 24.2. The third kappa shape index (κ3) is 14.7. The molecule has 0 N–H and O–H groups in total. The van der Waals surface area contributed by atoms with Gasteiger partial charge >= 0.3 is 11.9 Å². The van der Waals surface area contributed by atoms with Gasteiger partial charge in [-0.15, -0.1) is 0 Å². The summed E-state index contributed by atoms with van der Waals surface area (Å²) in [5.41, 5.74) is 3.28. The number of esters is 2. The van der Waals surface area contributed by atoms with Crippen LogP contribution in [0.5, 0.6) is 23.0 Å². The highest BCUT2D eigenvalue weighted by Gasteiger charge is 2.15. The number of rotatable bonds is 23. The largest absolute Gasteiger partial charge is 0.494 e. The highest BCUT2D eigenvalue weighted by molar-refractivity contribution is 5.92. The number of carbonyl (C=O) groups is 2. The van der Waals surface area contributed by atoms with E-state index in [-0.39, 0.29) is 5.92 Å². The number of fused-ring (bicyclic) bond motifs is 1. The first-order chi connectivity index (χ1) is 30.9. The molecule has 0 heterocycles. The minimum atomic E-state index is -0.414. The highest BCUT2D eigenvalue weighted by atomic mass is 16.5. The molecule has 63 heavy (non-hydrogen) atoms. The number of allylic oxidation sites excluding steroid dienone is 4. The van der Waals surface area contributed by atoms with Crippen LogP contribution < -0.4 is 18.9 Å². The number of unbranched alkanes of at least 4 members (excludes halogenated alkanes) is 2. The molecule has 0 saturated heterocycles. The predicted octanol–water partition coefficient (Wildman–Crippen LogP) is 12.7. The summed E-state index contributed by atoms with van der Waals surface area (Å²) in [6.07, 6.45) is 20.6. The van der Waals surface area contributed by atoms with Crippen molar-refractivity contribution in [3.63, 3.8) is 0 Å². The first-order valence-electron chi connectivity index (χ1n) is 22.9. The van der Waals surface area contributed by atoms with Gasteiger partial charge in [0.25, 0.3) is 0 Å². The molecule has 2 aliphatic rings. The van der Waals surface area contributed by atoms with Gasteiger partial charge in [0.2, 0.25) is 0 Å². The Hall–Kier alpha value is -5.70. The lowest BCUT2D eigenvalue weighted by atomic mass is 9.92. The Balaban J connectivity index is 0.790. The number of hydrogen-bond donors (Lipinski definition) is 0. The van der Waals surface area contributed by atoms with Crippen molar-refractivity contribution in [2.75, 3.05) is 39.6 Å². The summed E-state index contributed by atoms with van der Waals surface area (Å²) >= 11 is 0. The van der Waals surface area contributed by atoms with Crippen molar-refractivity contribution in [2.24, 2.45) is 11.8 Å². The van der Waals surface area contributed by atoms with Gasteiger partial charge in [0, 0.05) is 26.4 Å². The Morgan fingerprint density at radius 3 is 1.54 bits per heavy atom. The quantitative estimate of drug-likeness (QED) is 0.0278. The molecular formula is C55H62O8. The van der Waals surface area contributed by atoms with Gasteiger partial charge in [0.15, 0.2) is 0 Å². The van der Waals surface area contributed by atoms with Crippen molar-refractivity contribution >= 4 is 22.7 Å².